The van der Waals surface area contributed by atoms with E-state index in [0.717, 1.165) is 0 Å². The first-order valence-electron chi connectivity index (χ1n) is 3.20. The van der Waals surface area contributed by atoms with Gasteiger partial charge in [-0.15, -0.1) is 0 Å². The maximum atomic E-state index is 10.4. The van der Waals surface area contributed by atoms with Crippen LogP contribution in [0.2, 0.25) is 5.02 Å². The molecule has 0 bridgehead atoms. The van der Waals surface area contributed by atoms with Gasteiger partial charge in [0.2, 0.25) is 0 Å². The third-order valence-corrected chi connectivity index (χ3v) is 1.75. The molecule has 0 unspecified atom stereocenters. The van der Waals surface area contributed by atoms with Crippen LogP contribution in [0, 0.1) is 0 Å². The third-order valence-electron chi connectivity index (χ3n) is 1.43. The number of carbonyl (C=O) groups is 1. The maximum Gasteiger partial charge on any atom is 0.155 e. The van der Waals surface area contributed by atoms with Crippen molar-refractivity contribution < 1.29 is 14.6 Å². The van der Waals surface area contributed by atoms with E-state index in [4.69, 9.17) is 16.3 Å². The molecule has 0 aliphatic carbocycles. The van der Waals surface area contributed by atoms with Crippen molar-refractivity contribution in [1.82, 2.24) is 0 Å². The summed E-state index contributed by atoms with van der Waals surface area (Å²) in [7, 11) is 1.45. The smallest absolute Gasteiger partial charge is 0.155 e. The molecule has 1 aromatic rings. The molecule has 12 heavy (non-hydrogen) atoms. The Hall–Kier alpha value is -1.22. The minimum absolute atomic E-state index is 0.0810. The second kappa shape index (κ2) is 3.45. The fourth-order valence-electron chi connectivity index (χ4n) is 0.814. The summed E-state index contributed by atoms with van der Waals surface area (Å²) in [6, 6.07) is 2.79. The summed E-state index contributed by atoms with van der Waals surface area (Å²) >= 11 is 5.64. The van der Waals surface area contributed by atoms with Gasteiger partial charge in [-0.05, 0) is 6.07 Å². The number of phenolic OH excluding ortho intramolecular Hbond substituents is 1. The Balaban J connectivity index is 3.27. The predicted molar refractivity (Wildman–Crippen MR) is 45.1 cm³/mol. The second-order valence-corrected chi connectivity index (χ2v) is 2.57. The lowest BCUT2D eigenvalue weighted by Gasteiger charge is -2.03. The largest absolute Gasteiger partial charge is 0.507 e. The molecule has 0 saturated carbocycles. The number of phenols is 1. The Morgan fingerprint density at radius 3 is 2.67 bits per heavy atom. The number of aromatic hydroxyl groups is 1. The third kappa shape index (κ3) is 1.51. The molecular weight excluding hydrogens is 180 g/mol. The lowest BCUT2D eigenvalue weighted by atomic mass is 10.2. The van der Waals surface area contributed by atoms with Crippen LogP contribution in [0.25, 0.3) is 0 Å². The van der Waals surface area contributed by atoms with Crippen LogP contribution in [0.1, 0.15) is 10.4 Å². The van der Waals surface area contributed by atoms with Gasteiger partial charge in [-0.25, -0.2) is 0 Å². The number of carbonyl (C=O) groups excluding carboxylic acids is 1. The van der Waals surface area contributed by atoms with Gasteiger partial charge in [-0.1, -0.05) is 11.6 Å². The van der Waals surface area contributed by atoms with Gasteiger partial charge in [0, 0.05) is 6.07 Å². The standard InChI is InChI=1S/C8H7ClO3/c1-12-5-2-7(9)6(4-10)8(11)3-5/h2-4,11H,1H3. The molecule has 0 saturated heterocycles. The summed E-state index contributed by atoms with van der Waals surface area (Å²) in [4.78, 5) is 10.4. The Bertz CT molecular complexity index is 286. The number of aldehydes is 1. The lowest BCUT2D eigenvalue weighted by molar-refractivity contribution is 0.112. The van der Waals surface area contributed by atoms with Crippen LogP contribution in [0.4, 0.5) is 0 Å². The van der Waals surface area contributed by atoms with Crippen molar-refractivity contribution in [3.05, 3.63) is 22.7 Å². The van der Waals surface area contributed by atoms with Crippen LogP contribution < -0.4 is 4.74 Å². The molecule has 64 valence electrons. The van der Waals surface area contributed by atoms with Gasteiger partial charge >= 0.3 is 0 Å². The Labute approximate surface area is 74.5 Å². The average Bonchev–Trinajstić information content (AvgIpc) is 2.03. The van der Waals surface area contributed by atoms with E-state index >= 15 is 0 Å². The number of halogens is 1. The molecule has 0 aliphatic rings. The van der Waals surface area contributed by atoms with E-state index in [1.54, 1.807) is 0 Å². The van der Waals surface area contributed by atoms with Crippen LogP contribution in [-0.4, -0.2) is 18.5 Å². The summed E-state index contributed by atoms with van der Waals surface area (Å²) in [6.07, 6.45) is 0.497. The van der Waals surface area contributed by atoms with Gasteiger partial charge in [-0.3, -0.25) is 4.79 Å². The molecule has 4 heteroatoms. The summed E-state index contributed by atoms with van der Waals surface area (Å²) in [6.45, 7) is 0. The fourth-order valence-corrected chi connectivity index (χ4v) is 1.06. The molecule has 0 heterocycles. The highest BCUT2D eigenvalue weighted by atomic mass is 35.5. The zero-order valence-electron chi connectivity index (χ0n) is 6.37. The number of ether oxygens (including phenoxy) is 1. The molecule has 1 N–H and O–H groups in total. The van der Waals surface area contributed by atoms with Gasteiger partial charge in [-0.2, -0.15) is 0 Å². The molecule has 0 radical (unpaired) electrons. The monoisotopic (exact) mass is 186 g/mol. The zero-order valence-corrected chi connectivity index (χ0v) is 7.13. The highest BCUT2D eigenvalue weighted by Gasteiger charge is 2.07. The van der Waals surface area contributed by atoms with Crippen LogP contribution in [0.5, 0.6) is 11.5 Å². The van der Waals surface area contributed by atoms with Gasteiger partial charge in [0.1, 0.15) is 11.5 Å². The molecule has 0 amide bonds. The quantitative estimate of drug-likeness (QED) is 0.718. The second-order valence-electron chi connectivity index (χ2n) is 2.16. The molecule has 1 rings (SSSR count). The average molecular weight is 187 g/mol. The van der Waals surface area contributed by atoms with Crippen LogP contribution in [0.15, 0.2) is 12.1 Å². The lowest BCUT2D eigenvalue weighted by Crippen LogP contribution is -1.87. The van der Waals surface area contributed by atoms with Crippen molar-refractivity contribution in [3.8, 4) is 11.5 Å². The Kier molecular flexibility index (Phi) is 2.55. The van der Waals surface area contributed by atoms with Crippen molar-refractivity contribution in [2.24, 2.45) is 0 Å². The molecule has 3 nitrogen and oxygen atoms in total. The van der Waals surface area contributed by atoms with E-state index in [9.17, 15) is 9.90 Å². The summed E-state index contributed by atoms with van der Waals surface area (Å²) < 4.78 is 4.81. The fraction of sp³-hybridized carbons (Fsp3) is 0.125. The first-order chi connectivity index (χ1) is 5.69. The highest BCUT2D eigenvalue weighted by Crippen LogP contribution is 2.29. The number of methoxy groups -OCH3 is 1. The SMILES string of the molecule is COc1cc(O)c(C=O)c(Cl)c1. The van der Waals surface area contributed by atoms with E-state index in [2.05, 4.69) is 0 Å². The van der Waals surface area contributed by atoms with Crippen molar-refractivity contribution in [2.45, 2.75) is 0 Å². The van der Waals surface area contributed by atoms with Crippen LogP contribution in [0.3, 0.4) is 0 Å². The highest BCUT2D eigenvalue weighted by molar-refractivity contribution is 6.33. The van der Waals surface area contributed by atoms with Crippen molar-refractivity contribution in [3.63, 3.8) is 0 Å². The molecule has 1 aromatic carbocycles. The number of rotatable bonds is 2. The molecule has 0 atom stereocenters. The summed E-state index contributed by atoms with van der Waals surface area (Å²) in [5.41, 5.74) is 0.0810. The number of hydrogen-bond acceptors (Lipinski definition) is 3. The van der Waals surface area contributed by atoms with Gasteiger partial charge in [0.15, 0.2) is 6.29 Å². The molecule has 0 aromatic heterocycles. The molecule has 0 fully saturated rings. The van der Waals surface area contributed by atoms with Crippen LogP contribution in [-0.2, 0) is 0 Å². The van der Waals surface area contributed by atoms with E-state index in [-0.39, 0.29) is 16.3 Å². The molecule has 0 aliphatic heterocycles. The van der Waals surface area contributed by atoms with Crippen molar-refractivity contribution >= 4 is 17.9 Å². The summed E-state index contributed by atoms with van der Waals surface area (Å²) in [5, 5.41) is 9.39. The van der Waals surface area contributed by atoms with Gasteiger partial charge in [0.25, 0.3) is 0 Å². The molecule has 0 spiro atoms. The van der Waals surface area contributed by atoms with E-state index in [0.29, 0.717) is 12.0 Å². The predicted octanol–water partition coefficient (Wildman–Crippen LogP) is 1.87. The minimum atomic E-state index is -0.172. The topological polar surface area (TPSA) is 46.5 Å². The van der Waals surface area contributed by atoms with Crippen LogP contribution >= 0.6 is 11.6 Å². The Morgan fingerprint density at radius 2 is 2.25 bits per heavy atom. The zero-order chi connectivity index (χ0) is 9.14. The van der Waals surface area contributed by atoms with Crippen molar-refractivity contribution in [2.75, 3.05) is 7.11 Å². The number of benzene rings is 1. The maximum absolute atomic E-state index is 10.4. The first-order valence-corrected chi connectivity index (χ1v) is 3.58. The van der Waals surface area contributed by atoms with E-state index in [1.165, 1.54) is 19.2 Å². The first kappa shape index (κ1) is 8.87. The van der Waals surface area contributed by atoms with Crippen molar-refractivity contribution in [1.29, 1.82) is 0 Å². The normalized spacial score (nSPS) is 9.50. The Morgan fingerprint density at radius 1 is 1.58 bits per heavy atom. The van der Waals surface area contributed by atoms with E-state index in [1.807, 2.05) is 0 Å². The minimum Gasteiger partial charge on any atom is -0.507 e. The number of hydrogen-bond donors (Lipinski definition) is 1. The van der Waals surface area contributed by atoms with Gasteiger partial charge in [0.05, 0.1) is 17.7 Å². The molecular formula is C8H7ClO3. The van der Waals surface area contributed by atoms with E-state index < -0.39 is 0 Å². The van der Waals surface area contributed by atoms with Gasteiger partial charge < -0.3 is 9.84 Å². The summed E-state index contributed by atoms with van der Waals surface area (Å²) in [5.74, 6) is 0.248.